The number of hydrogen-bond donors (Lipinski definition) is 0. The summed E-state index contributed by atoms with van der Waals surface area (Å²) in [7, 11) is 0. The zero-order valence-electron chi connectivity index (χ0n) is 33.5. The summed E-state index contributed by atoms with van der Waals surface area (Å²) in [5.74, 6) is 1.06. The van der Waals surface area contributed by atoms with E-state index in [1.165, 1.54) is 243 Å². The minimum absolute atomic E-state index is 0.957. The Labute approximate surface area is 303 Å². The molecule has 0 aliphatic rings. The van der Waals surface area contributed by atoms with Gasteiger partial charge in [-0.2, -0.15) is 0 Å². The number of nitrogens with zero attached hydrogens (tertiary/aromatic N) is 2. The van der Waals surface area contributed by atoms with Crippen molar-refractivity contribution in [3.63, 3.8) is 0 Å². The number of aromatic nitrogens is 2. The molecule has 48 heavy (non-hydrogen) atoms. The molecule has 2 nitrogen and oxygen atoms in total. The van der Waals surface area contributed by atoms with Gasteiger partial charge in [0.05, 0.1) is 0 Å². The summed E-state index contributed by atoms with van der Waals surface area (Å²) < 4.78 is 0. The SMILES string of the molecule is CCCCCCCCCCCCCCCCCCCCc1cc(CCCCCCCCCCCCCCCCCCCC)nc(CC)n1. The second-order valence-corrected chi connectivity index (χ2v) is 15.6. The minimum atomic E-state index is 0.957. The van der Waals surface area contributed by atoms with Crippen LogP contribution in [-0.2, 0) is 19.3 Å². The fraction of sp³-hybridized carbons (Fsp3) is 0.913. The van der Waals surface area contributed by atoms with E-state index in [9.17, 15) is 0 Å². The number of hydrogen-bond acceptors (Lipinski definition) is 2. The molecule has 0 aliphatic carbocycles. The molecule has 0 fully saturated rings. The zero-order valence-corrected chi connectivity index (χ0v) is 33.5. The van der Waals surface area contributed by atoms with Crippen molar-refractivity contribution in [2.75, 3.05) is 0 Å². The summed E-state index contributed by atoms with van der Waals surface area (Å²) in [5.41, 5.74) is 2.60. The van der Waals surface area contributed by atoms with Crippen LogP contribution in [0.2, 0.25) is 0 Å². The largest absolute Gasteiger partial charge is 0.238 e. The van der Waals surface area contributed by atoms with E-state index >= 15 is 0 Å². The van der Waals surface area contributed by atoms with Gasteiger partial charge < -0.3 is 0 Å². The first-order chi connectivity index (χ1) is 23.8. The lowest BCUT2D eigenvalue weighted by molar-refractivity contribution is 0.524. The van der Waals surface area contributed by atoms with Gasteiger partial charge in [-0.15, -0.1) is 0 Å². The van der Waals surface area contributed by atoms with Crippen LogP contribution >= 0.6 is 0 Å². The van der Waals surface area contributed by atoms with Gasteiger partial charge in [0.1, 0.15) is 5.82 Å². The van der Waals surface area contributed by atoms with Gasteiger partial charge in [-0.25, -0.2) is 9.97 Å². The van der Waals surface area contributed by atoms with Crippen molar-refractivity contribution in [2.45, 2.75) is 271 Å². The van der Waals surface area contributed by atoms with Crippen molar-refractivity contribution < 1.29 is 0 Å². The fourth-order valence-corrected chi connectivity index (χ4v) is 7.44. The minimum Gasteiger partial charge on any atom is -0.238 e. The van der Waals surface area contributed by atoms with Crippen molar-refractivity contribution in [1.29, 1.82) is 0 Å². The molecular weight excluding hydrogens is 581 g/mol. The average molecular weight is 669 g/mol. The van der Waals surface area contributed by atoms with Gasteiger partial charge in [-0.1, -0.05) is 239 Å². The molecule has 0 amide bonds. The van der Waals surface area contributed by atoms with Crippen molar-refractivity contribution in [3.8, 4) is 0 Å². The molecule has 1 heterocycles. The number of unbranched alkanes of at least 4 members (excludes halogenated alkanes) is 34. The van der Waals surface area contributed by atoms with Crippen LogP contribution in [0.1, 0.15) is 269 Å². The van der Waals surface area contributed by atoms with Gasteiger partial charge >= 0.3 is 0 Å². The van der Waals surface area contributed by atoms with E-state index in [2.05, 4.69) is 26.8 Å². The molecule has 1 aromatic rings. The first-order valence-electron chi connectivity index (χ1n) is 22.7. The van der Waals surface area contributed by atoms with E-state index in [4.69, 9.17) is 9.97 Å². The lowest BCUT2D eigenvalue weighted by atomic mass is 10.0. The number of rotatable bonds is 39. The summed E-state index contributed by atoms with van der Waals surface area (Å²) >= 11 is 0. The van der Waals surface area contributed by atoms with E-state index in [0.29, 0.717) is 0 Å². The van der Waals surface area contributed by atoms with Crippen LogP contribution in [0.3, 0.4) is 0 Å². The highest BCUT2D eigenvalue weighted by molar-refractivity contribution is 5.12. The molecule has 2 heteroatoms. The highest BCUT2D eigenvalue weighted by Crippen LogP contribution is 2.17. The standard InChI is InChI=1S/C46H88N2/c1-4-7-9-11-13-15-17-19-21-23-25-27-29-31-33-35-37-39-41-44-43-45(48-46(6-3)47-44)42-40-38-36-34-32-30-28-26-24-22-20-18-16-14-12-10-8-5-2/h43H,4-42H2,1-3H3. The second-order valence-electron chi connectivity index (χ2n) is 15.6. The quantitative estimate of drug-likeness (QED) is 0.0652. The van der Waals surface area contributed by atoms with E-state index in [-0.39, 0.29) is 0 Å². The Morgan fingerprint density at radius 2 is 0.500 bits per heavy atom. The van der Waals surface area contributed by atoms with E-state index in [1.807, 2.05) is 0 Å². The van der Waals surface area contributed by atoms with Crippen LogP contribution in [0.4, 0.5) is 0 Å². The Kier molecular flexibility index (Phi) is 35.1. The molecule has 0 saturated carbocycles. The van der Waals surface area contributed by atoms with Crippen LogP contribution in [0, 0.1) is 0 Å². The average Bonchev–Trinajstić information content (AvgIpc) is 3.10. The van der Waals surface area contributed by atoms with Gasteiger partial charge in [0, 0.05) is 17.8 Å². The second kappa shape index (κ2) is 37.3. The number of aryl methyl sites for hydroxylation is 3. The maximum absolute atomic E-state index is 4.88. The monoisotopic (exact) mass is 669 g/mol. The Hall–Kier alpha value is -0.920. The van der Waals surface area contributed by atoms with Crippen LogP contribution in [-0.4, -0.2) is 9.97 Å². The smallest absolute Gasteiger partial charge is 0.128 e. The Balaban J connectivity index is 1.93. The van der Waals surface area contributed by atoms with Crippen LogP contribution in [0.25, 0.3) is 0 Å². The van der Waals surface area contributed by atoms with Crippen molar-refractivity contribution in [2.24, 2.45) is 0 Å². The van der Waals surface area contributed by atoms with Crippen molar-refractivity contribution >= 4 is 0 Å². The zero-order chi connectivity index (χ0) is 34.4. The molecule has 0 N–H and O–H groups in total. The molecule has 0 atom stereocenters. The topological polar surface area (TPSA) is 25.8 Å². The molecule has 0 unspecified atom stereocenters. The first kappa shape index (κ1) is 45.1. The Morgan fingerprint density at radius 1 is 0.292 bits per heavy atom. The third kappa shape index (κ3) is 31.1. The Bertz CT molecular complexity index is 700. The molecule has 1 aromatic heterocycles. The van der Waals surface area contributed by atoms with Gasteiger partial charge in [0.2, 0.25) is 0 Å². The maximum atomic E-state index is 4.88. The maximum Gasteiger partial charge on any atom is 0.128 e. The van der Waals surface area contributed by atoms with Crippen LogP contribution in [0.5, 0.6) is 0 Å². The van der Waals surface area contributed by atoms with E-state index in [1.54, 1.807) is 0 Å². The van der Waals surface area contributed by atoms with Crippen molar-refractivity contribution in [3.05, 3.63) is 23.3 Å². The summed E-state index contributed by atoms with van der Waals surface area (Å²) in [6, 6.07) is 2.33. The third-order valence-corrected chi connectivity index (χ3v) is 10.8. The molecule has 0 saturated heterocycles. The molecule has 1 rings (SSSR count). The molecule has 0 bridgehead atoms. The summed E-state index contributed by atoms with van der Waals surface area (Å²) in [6.07, 6.45) is 54.9. The highest BCUT2D eigenvalue weighted by Gasteiger charge is 2.05. The highest BCUT2D eigenvalue weighted by atomic mass is 14.9. The summed E-state index contributed by atoms with van der Waals surface area (Å²) in [4.78, 5) is 9.77. The van der Waals surface area contributed by atoms with Gasteiger partial charge in [-0.3, -0.25) is 0 Å². The molecule has 0 spiro atoms. The van der Waals surface area contributed by atoms with E-state index < -0.39 is 0 Å². The summed E-state index contributed by atoms with van der Waals surface area (Å²) in [6.45, 7) is 6.82. The lowest BCUT2D eigenvalue weighted by Crippen LogP contribution is -2.03. The molecule has 0 aromatic carbocycles. The normalized spacial score (nSPS) is 11.6. The molecule has 0 aliphatic heterocycles. The lowest BCUT2D eigenvalue weighted by Gasteiger charge is -2.08. The fourth-order valence-electron chi connectivity index (χ4n) is 7.44. The Morgan fingerprint density at radius 3 is 0.708 bits per heavy atom. The molecular formula is C46H88N2. The summed E-state index contributed by atoms with van der Waals surface area (Å²) in [5, 5.41) is 0. The van der Waals surface area contributed by atoms with Crippen LogP contribution < -0.4 is 0 Å². The predicted molar refractivity (Wildman–Crippen MR) is 216 cm³/mol. The van der Waals surface area contributed by atoms with Gasteiger partial charge in [0.15, 0.2) is 0 Å². The van der Waals surface area contributed by atoms with Crippen LogP contribution in [0.15, 0.2) is 6.07 Å². The third-order valence-electron chi connectivity index (χ3n) is 10.8. The predicted octanol–water partition coefficient (Wildman–Crippen LogP) is 16.2. The van der Waals surface area contributed by atoms with E-state index in [0.717, 1.165) is 25.1 Å². The first-order valence-corrected chi connectivity index (χ1v) is 22.7. The molecule has 282 valence electrons. The van der Waals surface area contributed by atoms with Gasteiger partial charge in [-0.05, 0) is 31.7 Å². The molecule has 0 radical (unpaired) electrons. The van der Waals surface area contributed by atoms with Gasteiger partial charge in [0.25, 0.3) is 0 Å². The van der Waals surface area contributed by atoms with Crippen molar-refractivity contribution in [1.82, 2.24) is 9.97 Å².